The van der Waals surface area contributed by atoms with E-state index < -0.39 is 0 Å². The smallest absolute Gasteiger partial charge is 0.271 e. The van der Waals surface area contributed by atoms with Gasteiger partial charge in [0.05, 0.1) is 11.8 Å². The van der Waals surface area contributed by atoms with Crippen LogP contribution in [0.2, 0.25) is 0 Å². The highest BCUT2D eigenvalue weighted by molar-refractivity contribution is 7.17. The molecule has 1 unspecified atom stereocenters. The lowest BCUT2D eigenvalue weighted by atomic mass is 10.1. The van der Waals surface area contributed by atoms with Gasteiger partial charge in [-0.05, 0) is 35.9 Å². The maximum atomic E-state index is 12.5. The van der Waals surface area contributed by atoms with Crippen LogP contribution in [0.15, 0.2) is 52.9 Å². The molecule has 0 saturated carbocycles. The zero-order valence-corrected chi connectivity index (χ0v) is 13.9. The molecule has 0 spiro atoms. The van der Waals surface area contributed by atoms with Crippen molar-refractivity contribution in [1.29, 1.82) is 0 Å². The van der Waals surface area contributed by atoms with Gasteiger partial charge in [-0.25, -0.2) is 4.98 Å². The molecule has 0 bridgehead atoms. The lowest BCUT2D eigenvalue weighted by Gasteiger charge is -2.17. The van der Waals surface area contributed by atoms with Crippen molar-refractivity contribution in [3.05, 3.63) is 64.0 Å². The van der Waals surface area contributed by atoms with Crippen molar-refractivity contribution in [3.8, 4) is 0 Å². The summed E-state index contributed by atoms with van der Waals surface area (Å²) >= 11 is 1.43. The number of hydrogen-bond donors (Lipinski definition) is 0. The Balaban J connectivity index is 1.48. The van der Waals surface area contributed by atoms with Gasteiger partial charge >= 0.3 is 0 Å². The van der Waals surface area contributed by atoms with Crippen molar-refractivity contribution in [2.75, 3.05) is 13.1 Å². The van der Waals surface area contributed by atoms with Crippen molar-refractivity contribution in [2.24, 2.45) is 5.92 Å². The number of likely N-dealkylation sites (tertiary alicyclic amines) is 1. The van der Waals surface area contributed by atoms with Crippen LogP contribution in [0.5, 0.6) is 0 Å². The van der Waals surface area contributed by atoms with E-state index in [2.05, 4.69) is 4.98 Å². The number of rotatable bonds is 3. The standard InChI is InChI=1S/C18H17N3O2S/c22-17(14-4-2-1-3-5-14)20-8-6-13(10-20)11-21-12-19-15-7-9-24-16(15)18(21)23/h1-5,7,9,12-13H,6,8,10-11H2. The van der Waals surface area contributed by atoms with E-state index in [4.69, 9.17) is 0 Å². The number of carbonyl (C=O) groups excluding carboxylic acids is 1. The molecule has 0 radical (unpaired) electrons. The Morgan fingerprint density at radius 2 is 2.08 bits per heavy atom. The Morgan fingerprint density at radius 1 is 1.25 bits per heavy atom. The second-order valence-corrected chi connectivity index (χ2v) is 7.03. The first-order valence-corrected chi connectivity index (χ1v) is 8.87. The molecule has 1 aromatic carbocycles. The van der Waals surface area contributed by atoms with E-state index in [0.717, 1.165) is 24.0 Å². The van der Waals surface area contributed by atoms with E-state index in [0.29, 0.717) is 17.8 Å². The first-order valence-electron chi connectivity index (χ1n) is 7.99. The van der Waals surface area contributed by atoms with Crippen LogP contribution in [0.25, 0.3) is 10.2 Å². The van der Waals surface area contributed by atoms with Gasteiger partial charge in [-0.3, -0.25) is 14.2 Å². The topological polar surface area (TPSA) is 55.2 Å². The van der Waals surface area contributed by atoms with Crippen molar-refractivity contribution < 1.29 is 4.79 Å². The summed E-state index contributed by atoms with van der Waals surface area (Å²) in [5.74, 6) is 0.354. The van der Waals surface area contributed by atoms with E-state index in [1.54, 1.807) is 10.9 Å². The Morgan fingerprint density at radius 3 is 2.92 bits per heavy atom. The fourth-order valence-electron chi connectivity index (χ4n) is 3.22. The molecule has 4 rings (SSSR count). The van der Waals surface area contributed by atoms with Crippen LogP contribution in [-0.2, 0) is 6.54 Å². The lowest BCUT2D eigenvalue weighted by molar-refractivity contribution is 0.0786. The third-order valence-corrected chi connectivity index (χ3v) is 5.38. The lowest BCUT2D eigenvalue weighted by Crippen LogP contribution is -2.30. The molecular weight excluding hydrogens is 322 g/mol. The number of thiophene rings is 1. The van der Waals surface area contributed by atoms with Crippen LogP contribution in [0.1, 0.15) is 16.8 Å². The van der Waals surface area contributed by atoms with Gasteiger partial charge in [0.1, 0.15) is 4.70 Å². The third kappa shape index (κ3) is 2.73. The first-order chi connectivity index (χ1) is 11.7. The minimum absolute atomic E-state index is 0.0165. The molecule has 5 nitrogen and oxygen atoms in total. The van der Waals surface area contributed by atoms with Crippen LogP contribution in [-0.4, -0.2) is 33.4 Å². The molecule has 6 heteroatoms. The van der Waals surface area contributed by atoms with Crippen molar-refractivity contribution in [2.45, 2.75) is 13.0 Å². The van der Waals surface area contributed by atoms with Crippen molar-refractivity contribution >= 4 is 27.5 Å². The van der Waals surface area contributed by atoms with Gasteiger partial charge in [0.2, 0.25) is 0 Å². The Labute approximate surface area is 143 Å². The number of fused-ring (bicyclic) bond motifs is 1. The van der Waals surface area contributed by atoms with E-state index in [1.807, 2.05) is 46.7 Å². The summed E-state index contributed by atoms with van der Waals surface area (Å²) in [5.41, 5.74) is 1.49. The average Bonchev–Trinajstić information content (AvgIpc) is 3.27. The first kappa shape index (κ1) is 15.1. The summed E-state index contributed by atoms with van der Waals surface area (Å²) in [7, 11) is 0. The predicted octanol–water partition coefficient (Wildman–Crippen LogP) is 2.62. The normalized spacial score (nSPS) is 17.5. The minimum Gasteiger partial charge on any atom is -0.338 e. The quantitative estimate of drug-likeness (QED) is 0.737. The zero-order valence-electron chi connectivity index (χ0n) is 13.1. The van der Waals surface area contributed by atoms with Crippen LogP contribution in [0, 0.1) is 5.92 Å². The Bertz CT molecular complexity index is 932. The molecular formula is C18H17N3O2S. The molecule has 0 aliphatic carbocycles. The summed E-state index contributed by atoms with van der Waals surface area (Å²) in [6.07, 6.45) is 2.53. The van der Waals surface area contributed by atoms with Crippen LogP contribution >= 0.6 is 11.3 Å². The third-order valence-electron chi connectivity index (χ3n) is 4.48. The maximum Gasteiger partial charge on any atom is 0.271 e. The van der Waals surface area contributed by atoms with Gasteiger partial charge in [-0.2, -0.15) is 0 Å². The number of benzene rings is 1. The van der Waals surface area contributed by atoms with Gasteiger partial charge in [-0.15, -0.1) is 11.3 Å². The Kier molecular flexibility index (Phi) is 3.90. The SMILES string of the molecule is O=C(c1ccccc1)N1CCC(Cn2cnc3ccsc3c2=O)C1. The monoisotopic (exact) mass is 339 g/mol. The number of amides is 1. The summed E-state index contributed by atoms with van der Waals surface area (Å²) in [6.45, 7) is 2.03. The fraction of sp³-hybridized carbons (Fsp3) is 0.278. The molecule has 1 fully saturated rings. The van der Waals surface area contributed by atoms with Gasteiger partial charge in [0.15, 0.2) is 0 Å². The number of carbonyl (C=O) groups is 1. The molecule has 24 heavy (non-hydrogen) atoms. The highest BCUT2D eigenvalue weighted by atomic mass is 32.1. The highest BCUT2D eigenvalue weighted by Gasteiger charge is 2.27. The van der Waals surface area contributed by atoms with Crippen LogP contribution < -0.4 is 5.56 Å². The molecule has 2 aromatic heterocycles. The average molecular weight is 339 g/mol. The van der Waals surface area contributed by atoms with E-state index in [1.165, 1.54) is 11.3 Å². The number of nitrogens with zero attached hydrogens (tertiary/aromatic N) is 3. The zero-order chi connectivity index (χ0) is 16.5. The molecule has 1 aliphatic heterocycles. The van der Waals surface area contributed by atoms with Crippen molar-refractivity contribution in [1.82, 2.24) is 14.5 Å². The highest BCUT2D eigenvalue weighted by Crippen LogP contribution is 2.20. The van der Waals surface area contributed by atoms with Crippen molar-refractivity contribution in [3.63, 3.8) is 0 Å². The van der Waals surface area contributed by atoms with Crippen LogP contribution in [0.3, 0.4) is 0 Å². The summed E-state index contributed by atoms with van der Waals surface area (Å²) in [6, 6.07) is 11.2. The number of aromatic nitrogens is 2. The second-order valence-electron chi connectivity index (χ2n) is 6.11. The molecule has 1 amide bonds. The fourth-order valence-corrected chi connectivity index (χ4v) is 4.01. The van der Waals surface area contributed by atoms with E-state index in [-0.39, 0.29) is 17.4 Å². The molecule has 3 aromatic rings. The van der Waals surface area contributed by atoms with Gasteiger partial charge < -0.3 is 4.90 Å². The summed E-state index contributed by atoms with van der Waals surface area (Å²) in [4.78, 5) is 31.2. The number of hydrogen-bond acceptors (Lipinski definition) is 4. The summed E-state index contributed by atoms with van der Waals surface area (Å²) in [5, 5.41) is 1.89. The molecule has 1 atom stereocenters. The molecule has 122 valence electrons. The summed E-state index contributed by atoms with van der Waals surface area (Å²) < 4.78 is 2.38. The van der Waals surface area contributed by atoms with Gasteiger partial charge in [0, 0.05) is 25.2 Å². The largest absolute Gasteiger partial charge is 0.338 e. The van der Waals surface area contributed by atoms with Gasteiger partial charge in [-0.1, -0.05) is 18.2 Å². The molecule has 3 heterocycles. The molecule has 1 saturated heterocycles. The minimum atomic E-state index is 0.0165. The van der Waals surface area contributed by atoms with E-state index in [9.17, 15) is 9.59 Å². The predicted molar refractivity (Wildman–Crippen MR) is 94.3 cm³/mol. The van der Waals surface area contributed by atoms with Gasteiger partial charge in [0.25, 0.3) is 11.5 Å². The van der Waals surface area contributed by atoms with E-state index >= 15 is 0 Å². The molecule has 1 aliphatic rings. The maximum absolute atomic E-state index is 12.5. The van der Waals surface area contributed by atoms with Crippen LogP contribution in [0.4, 0.5) is 0 Å². The second kappa shape index (κ2) is 6.20. The molecule has 0 N–H and O–H groups in total. The Hall–Kier alpha value is -2.47.